The molecule has 0 radical (unpaired) electrons. The second-order valence-corrected chi connectivity index (χ2v) is 6.69. The number of piperidine rings is 1. The van der Waals surface area contributed by atoms with Gasteiger partial charge in [0.25, 0.3) is 5.91 Å². The van der Waals surface area contributed by atoms with Crippen molar-refractivity contribution in [1.82, 2.24) is 4.90 Å². The summed E-state index contributed by atoms with van der Waals surface area (Å²) in [5, 5.41) is 12.5. The van der Waals surface area contributed by atoms with Crippen molar-refractivity contribution in [1.29, 1.82) is 0 Å². The third-order valence-electron chi connectivity index (χ3n) is 4.57. The lowest BCUT2D eigenvalue weighted by molar-refractivity contribution is -0.137. The summed E-state index contributed by atoms with van der Waals surface area (Å²) in [4.78, 5) is 30.2. The summed E-state index contributed by atoms with van der Waals surface area (Å²) in [5.74, 6) is -1.76. The molecule has 1 saturated heterocycles. The van der Waals surface area contributed by atoms with Gasteiger partial charge in [0.2, 0.25) is 0 Å². The van der Waals surface area contributed by atoms with Crippen molar-refractivity contribution in [2.45, 2.75) is 31.0 Å². The topological polar surface area (TPSA) is 79.2 Å². The summed E-state index contributed by atoms with van der Waals surface area (Å²) >= 11 is 5.91. The molecular formula is C16H14ClF3N2O4. The van der Waals surface area contributed by atoms with E-state index in [1.165, 1.54) is 4.90 Å². The molecule has 1 aromatic rings. The number of hydrogen-bond donors (Lipinski definition) is 1. The lowest BCUT2D eigenvalue weighted by Crippen LogP contribution is -2.47. The summed E-state index contributed by atoms with van der Waals surface area (Å²) in [6, 6.07) is 2.62. The van der Waals surface area contributed by atoms with Crippen LogP contribution in [0.5, 0.6) is 0 Å². The fourth-order valence-electron chi connectivity index (χ4n) is 3.06. The van der Waals surface area contributed by atoms with Crippen LogP contribution in [0.15, 0.2) is 23.4 Å². The number of alkyl halides is 3. The van der Waals surface area contributed by atoms with Crippen LogP contribution in [-0.2, 0) is 15.8 Å². The molecule has 26 heavy (non-hydrogen) atoms. The maximum atomic E-state index is 12.9. The van der Waals surface area contributed by atoms with Gasteiger partial charge >= 0.3 is 12.1 Å². The van der Waals surface area contributed by atoms with Crippen LogP contribution in [0.1, 0.15) is 35.2 Å². The van der Waals surface area contributed by atoms with Gasteiger partial charge in [0, 0.05) is 32.4 Å². The molecule has 2 aliphatic heterocycles. The van der Waals surface area contributed by atoms with Gasteiger partial charge in [-0.25, -0.2) is 4.79 Å². The van der Waals surface area contributed by atoms with Crippen molar-refractivity contribution in [3.05, 3.63) is 34.3 Å². The highest BCUT2D eigenvalue weighted by Crippen LogP contribution is 2.36. The molecule has 0 saturated carbocycles. The second kappa shape index (κ2) is 6.46. The normalized spacial score (nSPS) is 19.2. The Bertz CT molecular complexity index is 786. The van der Waals surface area contributed by atoms with E-state index in [9.17, 15) is 22.8 Å². The van der Waals surface area contributed by atoms with Crippen LogP contribution in [0.3, 0.4) is 0 Å². The van der Waals surface area contributed by atoms with Crippen LogP contribution in [0, 0.1) is 0 Å². The quantitative estimate of drug-likeness (QED) is 0.841. The smallest absolute Gasteiger partial charge is 0.416 e. The molecule has 0 atom stereocenters. The van der Waals surface area contributed by atoms with E-state index in [4.69, 9.17) is 21.5 Å². The number of likely N-dealkylation sites (tertiary alicyclic amines) is 1. The molecule has 0 aliphatic carbocycles. The highest BCUT2D eigenvalue weighted by Gasteiger charge is 2.44. The van der Waals surface area contributed by atoms with Gasteiger partial charge in [0.15, 0.2) is 5.71 Å². The number of halogens is 4. The van der Waals surface area contributed by atoms with Crippen LogP contribution < -0.4 is 0 Å². The molecule has 10 heteroatoms. The number of oxime groups is 1. The Morgan fingerprint density at radius 3 is 2.46 bits per heavy atom. The van der Waals surface area contributed by atoms with E-state index in [0.29, 0.717) is 12.8 Å². The molecule has 2 heterocycles. The van der Waals surface area contributed by atoms with Crippen LogP contribution in [0.4, 0.5) is 13.2 Å². The van der Waals surface area contributed by atoms with Crippen molar-refractivity contribution in [2.24, 2.45) is 5.16 Å². The second-order valence-electron chi connectivity index (χ2n) is 6.28. The number of carboxylic acid groups (broad SMARTS) is 1. The van der Waals surface area contributed by atoms with E-state index in [2.05, 4.69) is 5.16 Å². The van der Waals surface area contributed by atoms with E-state index < -0.39 is 29.2 Å². The maximum Gasteiger partial charge on any atom is 0.416 e. The third-order valence-corrected chi connectivity index (χ3v) is 4.90. The van der Waals surface area contributed by atoms with Gasteiger partial charge in [-0.05, 0) is 18.2 Å². The summed E-state index contributed by atoms with van der Waals surface area (Å²) in [7, 11) is 0. The minimum atomic E-state index is -4.58. The first-order chi connectivity index (χ1) is 12.1. The first-order valence-corrected chi connectivity index (χ1v) is 8.13. The molecule has 1 aromatic carbocycles. The van der Waals surface area contributed by atoms with E-state index in [0.717, 1.165) is 18.2 Å². The van der Waals surface area contributed by atoms with Gasteiger partial charge in [0.1, 0.15) is 5.60 Å². The number of benzene rings is 1. The van der Waals surface area contributed by atoms with Crippen molar-refractivity contribution < 1.29 is 32.7 Å². The zero-order chi connectivity index (χ0) is 19.1. The zero-order valence-corrected chi connectivity index (χ0v) is 14.1. The molecule has 2 aliphatic rings. The Balaban J connectivity index is 1.71. The number of amides is 1. The average Bonchev–Trinajstić information content (AvgIpc) is 2.98. The Morgan fingerprint density at radius 1 is 1.27 bits per heavy atom. The first-order valence-electron chi connectivity index (χ1n) is 7.76. The van der Waals surface area contributed by atoms with Gasteiger partial charge in [-0.1, -0.05) is 16.8 Å². The van der Waals surface area contributed by atoms with Gasteiger partial charge in [-0.3, -0.25) is 4.79 Å². The minimum absolute atomic E-state index is 0.0584. The van der Waals surface area contributed by atoms with Crippen molar-refractivity contribution in [3.8, 4) is 0 Å². The monoisotopic (exact) mass is 390 g/mol. The molecule has 140 valence electrons. The number of carbonyl (C=O) groups is 2. The number of aliphatic carboxylic acids is 1. The van der Waals surface area contributed by atoms with Crippen molar-refractivity contribution in [2.75, 3.05) is 13.1 Å². The van der Waals surface area contributed by atoms with Crippen molar-refractivity contribution in [3.63, 3.8) is 0 Å². The molecule has 6 nitrogen and oxygen atoms in total. The lowest BCUT2D eigenvalue weighted by Gasteiger charge is -2.37. The lowest BCUT2D eigenvalue weighted by atomic mass is 9.86. The molecule has 0 aromatic heterocycles. The zero-order valence-electron chi connectivity index (χ0n) is 13.3. The predicted octanol–water partition coefficient (Wildman–Crippen LogP) is 3.19. The minimum Gasteiger partial charge on any atom is -0.477 e. The maximum absolute atomic E-state index is 12.9. The Morgan fingerprint density at radius 2 is 1.92 bits per heavy atom. The highest BCUT2D eigenvalue weighted by molar-refractivity contribution is 6.36. The molecular weight excluding hydrogens is 377 g/mol. The number of hydrogen-bond acceptors (Lipinski definition) is 4. The van der Waals surface area contributed by atoms with Gasteiger partial charge < -0.3 is 14.8 Å². The van der Waals surface area contributed by atoms with Gasteiger partial charge in [-0.2, -0.15) is 13.2 Å². The Hall–Kier alpha value is -2.29. The van der Waals surface area contributed by atoms with E-state index in [-0.39, 0.29) is 35.8 Å². The number of nitrogens with zero attached hydrogens (tertiary/aromatic N) is 2. The van der Waals surface area contributed by atoms with Crippen LogP contribution in [-0.4, -0.2) is 46.3 Å². The molecule has 1 fully saturated rings. The molecule has 0 unspecified atom stereocenters. The summed E-state index contributed by atoms with van der Waals surface area (Å²) in [5.41, 5.74) is -2.02. The average molecular weight is 391 g/mol. The fraction of sp³-hybridized carbons (Fsp3) is 0.438. The molecule has 1 spiro atoms. The molecule has 1 N–H and O–H groups in total. The van der Waals surface area contributed by atoms with Crippen molar-refractivity contribution >= 4 is 29.2 Å². The molecule has 0 bridgehead atoms. The van der Waals surface area contributed by atoms with Gasteiger partial charge in [-0.15, -0.1) is 0 Å². The van der Waals surface area contributed by atoms with Crippen LogP contribution >= 0.6 is 11.6 Å². The largest absolute Gasteiger partial charge is 0.477 e. The van der Waals surface area contributed by atoms with E-state index >= 15 is 0 Å². The fourth-order valence-corrected chi connectivity index (χ4v) is 3.26. The molecule has 1 amide bonds. The van der Waals surface area contributed by atoms with Crippen LogP contribution in [0.25, 0.3) is 0 Å². The third kappa shape index (κ3) is 3.48. The Labute approximate surface area is 151 Å². The van der Waals surface area contributed by atoms with Gasteiger partial charge in [0.05, 0.1) is 16.1 Å². The molecule has 3 rings (SSSR count). The summed E-state index contributed by atoms with van der Waals surface area (Å²) < 4.78 is 38.6. The summed E-state index contributed by atoms with van der Waals surface area (Å²) in [6.07, 6.45) is -3.78. The Kier molecular flexibility index (Phi) is 4.60. The highest BCUT2D eigenvalue weighted by atomic mass is 35.5. The van der Waals surface area contributed by atoms with Crippen LogP contribution in [0.2, 0.25) is 5.02 Å². The number of rotatable bonds is 2. The number of carboxylic acids is 1. The standard InChI is InChI=1S/C16H14ClF3N2O4/c17-11-2-1-9(16(18,19)20)7-10(11)13(23)22-5-3-15(4-6-22)8-12(14(24)25)21-26-15/h1-2,7H,3-6,8H2,(H,24,25). The SMILES string of the molecule is O=C(O)C1=NOC2(CCN(C(=O)c3cc(C(F)(F)F)ccc3Cl)CC2)C1. The summed E-state index contributed by atoms with van der Waals surface area (Å²) in [6.45, 7) is 0.404. The van der Waals surface area contributed by atoms with E-state index in [1.807, 2.05) is 0 Å². The first kappa shape index (κ1) is 18.5. The predicted molar refractivity (Wildman–Crippen MR) is 85.1 cm³/mol. The van der Waals surface area contributed by atoms with E-state index in [1.54, 1.807) is 0 Å². The number of carbonyl (C=O) groups excluding carboxylic acids is 1.